The van der Waals surface area contributed by atoms with Crippen LogP contribution in [0.25, 0.3) is 16.6 Å². The van der Waals surface area contributed by atoms with E-state index in [9.17, 15) is 10.1 Å². The molecule has 2 N–H and O–H groups in total. The second-order valence-corrected chi connectivity index (χ2v) is 6.12. The van der Waals surface area contributed by atoms with Crippen LogP contribution < -0.4 is 11.3 Å². The predicted molar refractivity (Wildman–Crippen MR) is 91.7 cm³/mol. The van der Waals surface area contributed by atoms with Gasteiger partial charge in [0.2, 0.25) is 0 Å². The van der Waals surface area contributed by atoms with Gasteiger partial charge in [-0.05, 0) is 43.0 Å². The van der Waals surface area contributed by atoms with Crippen molar-refractivity contribution in [3.63, 3.8) is 0 Å². The van der Waals surface area contributed by atoms with E-state index in [0.717, 1.165) is 18.5 Å². The van der Waals surface area contributed by atoms with Crippen molar-refractivity contribution >= 4 is 10.9 Å². The van der Waals surface area contributed by atoms with Crippen LogP contribution in [0.2, 0.25) is 0 Å². The Labute approximate surface area is 139 Å². The minimum Gasteiger partial charge on any atom is -0.321 e. The molecule has 1 saturated carbocycles. The van der Waals surface area contributed by atoms with Crippen molar-refractivity contribution < 1.29 is 0 Å². The maximum Gasteiger partial charge on any atom is 0.267 e. The lowest BCUT2D eigenvalue weighted by atomic mass is 10.1. The van der Waals surface area contributed by atoms with Crippen molar-refractivity contribution in [1.82, 2.24) is 9.55 Å². The quantitative estimate of drug-likeness (QED) is 0.805. The second kappa shape index (κ2) is 5.59. The van der Waals surface area contributed by atoms with Crippen LogP contribution in [-0.4, -0.2) is 9.55 Å². The van der Waals surface area contributed by atoms with Gasteiger partial charge in [0.05, 0.1) is 28.2 Å². The van der Waals surface area contributed by atoms with Gasteiger partial charge in [0.1, 0.15) is 11.9 Å². The first-order valence-corrected chi connectivity index (χ1v) is 7.97. The Morgan fingerprint density at radius 1 is 1.17 bits per heavy atom. The zero-order valence-corrected chi connectivity index (χ0v) is 13.0. The standard InChI is InChI=1S/C19H16N4O/c20-11-13-5-4-8-15-16(13)19(24)23(14-6-2-1-3-7-14)18(22-15)17(21)12-9-10-12/h1-8,12,17H,9-10,21H2/t17-/m0/s1. The monoisotopic (exact) mass is 316 g/mol. The molecule has 0 unspecified atom stereocenters. The molecule has 3 aromatic rings. The third kappa shape index (κ3) is 2.29. The molecule has 0 saturated heterocycles. The fourth-order valence-corrected chi connectivity index (χ4v) is 3.06. The average molecular weight is 316 g/mol. The summed E-state index contributed by atoms with van der Waals surface area (Å²) >= 11 is 0. The number of nitrogens with two attached hydrogens (primary N) is 1. The number of rotatable bonds is 3. The first-order valence-electron chi connectivity index (χ1n) is 7.97. The molecule has 1 fully saturated rings. The van der Waals surface area contributed by atoms with Gasteiger partial charge in [-0.2, -0.15) is 5.26 Å². The van der Waals surface area contributed by atoms with E-state index in [-0.39, 0.29) is 11.6 Å². The molecule has 1 heterocycles. The minimum atomic E-state index is -0.284. The third-order valence-corrected chi connectivity index (χ3v) is 4.49. The van der Waals surface area contributed by atoms with Crippen molar-refractivity contribution in [2.24, 2.45) is 11.7 Å². The highest BCUT2D eigenvalue weighted by atomic mass is 16.1. The van der Waals surface area contributed by atoms with Crippen molar-refractivity contribution in [1.29, 1.82) is 5.26 Å². The van der Waals surface area contributed by atoms with Gasteiger partial charge in [0.15, 0.2) is 0 Å². The molecule has 0 aliphatic heterocycles. The first-order chi connectivity index (χ1) is 11.7. The van der Waals surface area contributed by atoms with Crippen LogP contribution in [0, 0.1) is 17.2 Å². The smallest absolute Gasteiger partial charge is 0.267 e. The Morgan fingerprint density at radius 3 is 2.58 bits per heavy atom. The van der Waals surface area contributed by atoms with Crippen molar-refractivity contribution in [2.45, 2.75) is 18.9 Å². The molecule has 0 radical (unpaired) electrons. The molecule has 2 aromatic carbocycles. The molecule has 118 valence electrons. The highest BCUT2D eigenvalue weighted by Crippen LogP contribution is 2.39. The zero-order chi connectivity index (χ0) is 16.7. The minimum absolute atomic E-state index is 0.241. The molecule has 24 heavy (non-hydrogen) atoms. The largest absolute Gasteiger partial charge is 0.321 e. The van der Waals surface area contributed by atoms with Crippen LogP contribution in [0.4, 0.5) is 0 Å². The van der Waals surface area contributed by atoms with E-state index in [4.69, 9.17) is 5.73 Å². The van der Waals surface area contributed by atoms with Gasteiger partial charge in [0.25, 0.3) is 5.56 Å². The Bertz CT molecular complexity index is 1010. The second-order valence-electron chi connectivity index (χ2n) is 6.12. The summed E-state index contributed by atoms with van der Waals surface area (Å²) in [5.41, 5.74) is 7.72. The molecule has 0 bridgehead atoms. The molecular formula is C19H16N4O. The maximum absolute atomic E-state index is 13.2. The number of para-hydroxylation sites is 1. The third-order valence-electron chi connectivity index (χ3n) is 4.49. The van der Waals surface area contributed by atoms with Crippen LogP contribution in [0.1, 0.15) is 30.3 Å². The average Bonchev–Trinajstić information content (AvgIpc) is 3.46. The van der Waals surface area contributed by atoms with Crippen LogP contribution in [0.5, 0.6) is 0 Å². The summed E-state index contributed by atoms with van der Waals surface area (Å²) in [5.74, 6) is 0.930. The Morgan fingerprint density at radius 2 is 1.92 bits per heavy atom. The SMILES string of the molecule is N#Cc1cccc2nc([C@@H](N)C3CC3)n(-c3ccccc3)c(=O)c12. The summed E-state index contributed by atoms with van der Waals surface area (Å²) in [5, 5.41) is 9.69. The van der Waals surface area contributed by atoms with E-state index in [2.05, 4.69) is 11.1 Å². The first kappa shape index (κ1) is 14.6. The molecule has 5 nitrogen and oxygen atoms in total. The number of hydrogen-bond acceptors (Lipinski definition) is 4. The Balaban J connectivity index is 2.10. The summed E-state index contributed by atoms with van der Waals surface area (Å²) in [4.78, 5) is 17.9. The summed E-state index contributed by atoms with van der Waals surface area (Å²) in [6.45, 7) is 0. The molecule has 0 spiro atoms. The van der Waals surface area contributed by atoms with Crippen molar-refractivity contribution in [2.75, 3.05) is 0 Å². The fourth-order valence-electron chi connectivity index (χ4n) is 3.06. The zero-order valence-electron chi connectivity index (χ0n) is 13.0. The molecule has 1 atom stereocenters. The van der Waals surface area contributed by atoms with Crippen LogP contribution in [-0.2, 0) is 0 Å². The van der Waals surface area contributed by atoms with E-state index in [1.807, 2.05) is 30.3 Å². The van der Waals surface area contributed by atoms with Gasteiger partial charge in [-0.1, -0.05) is 24.3 Å². The van der Waals surface area contributed by atoms with Crippen LogP contribution in [0.15, 0.2) is 53.3 Å². The number of aromatic nitrogens is 2. The Hall–Kier alpha value is -2.97. The van der Waals surface area contributed by atoms with E-state index in [1.165, 1.54) is 0 Å². The normalized spacial score (nSPS) is 15.2. The summed E-state index contributed by atoms with van der Waals surface area (Å²) < 4.78 is 1.56. The van der Waals surface area contributed by atoms with Gasteiger partial charge in [-0.15, -0.1) is 0 Å². The molecule has 1 aliphatic rings. The van der Waals surface area contributed by atoms with Crippen molar-refractivity contribution in [3.8, 4) is 11.8 Å². The molecule has 1 aliphatic carbocycles. The van der Waals surface area contributed by atoms with Gasteiger partial charge >= 0.3 is 0 Å². The number of fused-ring (bicyclic) bond motifs is 1. The van der Waals surface area contributed by atoms with E-state index < -0.39 is 0 Å². The molecule has 4 rings (SSSR count). The molecule has 0 amide bonds. The number of benzene rings is 2. The molecule has 5 heteroatoms. The Kier molecular flexibility index (Phi) is 3.40. The van der Waals surface area contributed by atoms with E-state index in [0.29, 0.717) is 28.2 Å². The highest BCUT2D eigenvalue weighted by molar-refractivity contribution is 5.84. The van der Waals surface area contributed by atoms with E-state index in [1.54, 1.807) is 22.8 Å². The predicted octanol–water partition coefficient (Wildman–Crippen LogP) is 2.67. The van der Waals surface area contributed by atoms with Gasteiger partial charge in [-0.25, -0.2) is 4.98 Å². The number of hydrogen-bond donors (Lipinski definition) is 1. The topological polar surface area (TPSA) is 84.7 Å². The van der Waals surface area contributed by atoms with Gasteiger partial charge in [0, 0.05) is 0 Å². The summed E-state index contributed by atoms with van der Waals surface area (Å²) in [6.07, 6.45) is 2.12. The van der Waals surface area contributed by atoms with Gasteiger partial charge < -0.3 is 5.73 Å². The lowest BCUT2D eigenvalue weighted by Crippen LogP contribution is -2.29. The molecule has 1 aromatic heterocycles. The van der Waals surface area contributed by atoms with Gasteiger partial charge in [-0.3, -0.25) is 9.36 Å². The summed E-state index contributed by atoms with van der Waals surface area (Å²) in [6, 6.07) is 16.3. The number of nitrogens with zero attached hydrogens (tertiary/aromatic N) is 3. The lowest BCUT2D eigenvalue weighted by molar-refractivity contribution is 0.574. The molecular weight excluding hydrogens is 300 g/mol. The lowest BCUT2D eigenvalue weighted by Gasteiger charge is -2.18. The summed E-state index contributed by atoms with van der Waals surface area (Å²) in [7, 11) is 0. The highest BCUT2D eigenvalue weighted by Gasteiger charge is 2.33. The van der Waals surface area contributed by atoms with Crippen LogP contribution in [0.3, 0.4) is 0 Å². The van der Waals surface area contributed by atoms with E-state index >= 15 is 0 Å². The van der Waals surface area contributed by atoms with Crippen molar-refractivity contribution in [3.05, 3.63) is 70.3 Å². The van der Waals surface area contributed by atoms with Crippen LogP contribution >= 0.6 is 0 Å². The fraction of sp³-hybridized carbons (Fsp3) is 0.211. The number of nitriles is 1. The maximum atomic E-state index is 13.2.